The van der Waals surface area contributed by atoms with Crippen molar-refractivity contribution in [3.63, 3.8) is 0 Å². The summed E-state index contributed by atoms with van der Waals surface area (Å²) >= 11 is 6.31. The lowest BCUT2D eigenvalue weighted by Gasteiger charge is -2.33. The van der Waals surface area contributed by atoms with Crippen LogP contribution in [0.4, 0.5) is 0 Å². The zero-order valence-electron chi connectivity index (χ0n) is 19.1. The normalized spacial score (nSPS) is 15.8. The van der Waals surface area contributed by atoms with Crippen molar-refractivity contribution in [1.82, 2.24) is 14.7 Å². The van der Waals surface area contributed by atoms with Crippen LogP contribution in [0.2, 0.25) is 5.02 Å². The molecule has 33 heavy (non-hydrogen) atoms. The highest BCUT2D eigenvalue weighted by molar-refractivity contribution is 6.31. The molecule has 1 aliphatic rings. The average Bonchev–Trinajstić information content (AvgIpc) is 3.11. The number of piperidine rings is 1. The molecule has 0 saturated carbocycles. The van der Waals surface area contributed by atoms with Crippen molar-refractivity contribution < 1.29 is 9.90 Å². The van der Waals surface area contributed by atoms with Gasteiger partial charge < -0.3 is 10.0 Å². The van der Waals surface area contributed by atoms with Crippen LogP contribution < -0.4 is 0 Å². The molecule has 1 amide bonds. The number of hydrogen-bond donors (Lipinski definition) is 1. The topological polar surface area (TPSA) is 58.4 Å². The average molecular weight is 464 g/mol. The van der Waals surface area contributed by atoms with Crippen LogP contribution in [0.25, 0.3) is 6.08 Å². The molecule has 172 valence electrons. The summed E-state index contributed by atoms with van der Waals surface area (Å²) in [6, 6.07) is 17.5. The summed E-state index contributed by atoms with van der Waals surface area (Å²) in [4.78, 5) is 14.7. The van der Waals surface area contributed by atoms with Crippen LogP contribution in [0.15, 0.2) is 60.7 Å². The summed E-state index contributed by atoms with van der Waals surface area (Å²) in [5.41, 5.74) is 4.80. The third-order valence-electron chi connectivity index (χ3n) is 6.55. The van der Waals surface area contributed by atoms with E-state index < -0.39 is 6.10 Å². The molecule has 0 bridgehead atoms. The predicted octanol–water partition coefficient (Wildman–Crippen LogP) is 5.19. The molecule has 0 radical (unpaired) electrons. The molecular formula is C27H30ClN3O2. The molecule has 1 saturated heterocycles. The number of aliphatic hydroxyl groups excluding tert-OH is 1. The van der Waals surface area contributed by atoms with Crippen LogP contribution >= 0.6 is 11.6 Å². The minimum absolute atomic E-state index is 0.000282. The number of aromatic nitrogens is 2. The number of nitrogens with zero attached hydrogens (tertiary/aromatic N) is 3. The maximum Gasteiger partial charge on any atom is 0.246 e. The maximum atomic E-state index is 12.8. The fourth-order valence-electron chi connectivity index (χ4n) is 4.51. The van der Waals surface area contributed by atoms with E-state index in [0.717, 1.165) is 45.9 Å². The minimum atomic E-state index is -0.478. The number of aryl methyl sites for hydroxylation is 1. The van der Waals surface area contributed by atoms with Crippen molar-refractivity contribution in [3.05, 3.63) is 93.8 Å². The first-order valence-electron chi connectivity index (χ1n) is 11.4. The molecule has 0 aliphatic carbocycles. The van der Waals surface area contributed by atoms with Crippen LogP contribution in [0.3, 0.4) is 0 Å². The van der Waals surface area contributed by atoms with Gasteiger partial charge in [-0.3, -0.25) is 9.48 Å². The van der Waals surface area contributed by atoms with Crippen molar-refractivity contribution in [2.75, 3.05) is 13.1 Å². The van der Waals surface area contributed by atoms with Crippen LogP contribution in [-0.4, -0.2) is 38.8 Å². The maximum absolute atomic E-state index is 12.8. The number of carbonyl (C=O) groups is 1. The van der Waals surface area contributed by atoms with Crippen LogP contribution in [0, 0.1) is 19.8 Å². The predicted molar refractivity (Wildman–Crippen MR) is 132 cm³/mol. The molecule has 1 unspecified atom stereocenters. The highest BCUT2D eigenvalue weighted by Crippen LogP contribution is 2.30. The smallest absolute Gasteiger partial charge is 0.246 e. The van der Waals surface area contributed by atoms with E-state index in [1.807, 2.05) is 84.1 Å². The van der Waals surface area contributed by atoms with E-state index in [1.54, 1.807) is 6.08 Å². The lowest BCUT2D eigenvalue weighted by molar-refractivity contribution is -0.127. The number of amides is 1. The first-order valence-corrected chi connectivity index (χ1v) is 11.8. The summed E-state index contributed by atoms with van der Waals surface area (Å²) in [5, 5.41) is 16.0. The van der Waals surface area contributed by atoms with E-state index in [1.165, 1.54) is 0 Å². The third kappa shape index (κ3) is 5.37. The summed E-state index contributed by atoms with van der Waals surface area (Å²) < 4.78 is 1.93. The molecule has 2 aromatic carbocycles. The summed E-state index contributed by atoms with van der Waals surface area (Å²) in [7, 11) is 0. The molecule has 2 heterocycles. The zero-order chi connectivity index (χ0) is 23.4. The zero-order valence-corrected chi connectivity index (χ0v) is 19.9. The largest absolute Gasteiger partial charge is 0.388 e. The fourth-order valence-corrected chi connectivity index (χ4v) is 4.71. The van der Waals surface area contributed by atoms with Gasteiger partial charge >= 0.3 is 0 Å². The number of aliphatic hydroxyl groups is 1. The highest BCUT2D eigenvalue weighted by atomic mass is 35.5. The van der Waals surface area contributed by atoms with Crippen molar-refractivity contribution >= 4 is 23.6 Å². The van der Waals surface area contributed by atoms with E-state index in [-0.39, 0.29) is 11.8 Å². The number of likely N-dealkylation sites (tertiary alicyclic amines) is 1. The Balaban J connectivity index is 1.37. The Kier molecular flexibility index (Phi) is 7.31. The van der Waals surface area contributed by atoms with Gasteiger partial charge in [-0.15, -0.1) is 0 Å². The van der Waals surface area contributed by atoms with E-state index in [2.05, 4.69) is 5.10 Å². The number of carbonyl (C=O) groups excluding carboxylic acids is 1. The molecular weight excluding hydrogens is 434 g/mol. The minimum Gasteiger partial charge on any atom is -0.388 e. The number of halogens is 1. The lowest BCUT2D eigenvalue weighted by Crippen LogP contribution is -2.38. The van der Waals surface area contributed by atoms with Crippen LogP contribution in [0.5, 0.6) is 0 Å². The van der Waals surface area contributed by atoms with Gasteiger partial charge in [0, 0.05) is 35.4 Å². The molecule has 1 fully saturated rings. The summed E-state index contributed by atoms with van der Waals surface area (Å²) in [6.07, 6.45) is 4.62. The molecule has 5 nitrogen and oxygen atoms in total. The SMILES string of the molecule is Cc1nn(Cc2ccccc2Cl)c(C)c1/C=C/C(=O)N1CCC(C(O)c2ccccc2)CC1. The van der Waals surface area contributed by atoms with Gasteiger partial charge in [-0.1, -0.05) is 60.1 Å². The molecule has 3 aromatic rings. The summed E-state index contributed by atoms with van der Waals surface area (Å²) in [6.45, 7) is 5.86. The first-order chi connectivity index (χ1) is 15.9. The number of hydrogen-bond acceptors (Lipinski definition) is 3. The third-order valence-corrected chi connectivity index (χ3v) is 6.92. The number of rotatable bonds is 6. The quantitative estimate of drug-likeness (QED) is 0.512. The molecule has 1 aliphatic heterocycles. The molecule has 1 atom stereocenters. The van der Waals surface area contributed by atoms with E-state index >= 15 is 0 Å². The first kappa shape index (κ1) is 23.3. The monoisotopic (exact) mass is 463 g/mol. The van der Waals surface area contributed by atoms with E-state index in [4.69, 9.17) is 11.6 Å². The Labute approximate surface area is 200 Å². The van der Waals surface area contributed by atoms with E-state index in [9.17, 15) is 9.90 Å². The van der Waals surface area contributed by atoms with Gasteiger partial charge in [-0.25, -0.2) is 0 Å². The standard InChI is InChI=1S/C27H30ClN3O2/c1-19-24(20(2)31(29-19)18-23-10-6-7-11-25(23)28)12-13-26(32)30-16-14-22(15-17-30)27(33)21-8-4-3-5-9-21/h3-13,22,27,33H,14-18H2,1-2H3/b13-12+. The van der Waals surface area contributed by atoms with Crippen molar-refractivity contribution in [1.29, 1.82) is 0 Å². The second kappa shape index (κ2) is 10.4. The van der Waals surface area contributed by atoms with Gasteiger partial charge in [0.1, 0.15) is 0 Å². The van der Waals surface area contributed by atoms with Gasteiger partial charge in [0.25, 0.3) is 0 Å². The van der Waals surface area contributed by atoms with Gasteiger partial charge in [-0.05, 0) is 55.9 Å². The van der Waals surface area contributed by atoms with Crippen molar-refractivity contribution in [2.45, 2.75) is 39.3 Å². The molecule has 6 heteroatoms. The Morgan fingerprint density at radius 3 is 2.48 bits per heavy atom. The fraction of sp³-hybridized carbons (Fsp3) is 0.333. The van der Waals surface area contributed by atoms with Gasteiger partial charge in [0.15, 0.2) is 0 Å². The van der Waals surface area contributed by atoms with Gasteiger partial charge in [0.2, 0.25) is 5.91 Å². The molecule has 0 spiro atoms. The molecule has 1 aromatic heterocycles. The summed E-state index contributed by atoms with van der Waals surface area (Å²) in [5.74, 6) is 0.174. The molecule has 1 N–H and O–H groups in total. The second-order valence-corrected chi connectivity index (χ2v) is 9.09. The van der Waals surface area contributed by atoms with E-state index in [0.29, 0.717) is 19.6 Å². The number of benzene rings is 2. The highest BCUT2D eigenvalue weighted by Gasteiger charge is 2.27. The van der Waals surface area contributed by atoms with Gasteiger partial charge in [-0.2, -0.15) is 5.10 Å². The lowest BCUT2D eigenvalue weighted by atomic mass is 9.87. The molecule has 4 rings (SSSR count). The Hall–Kier alpha value is -2.89. The van der Waals surface area contributed by atoms with Crippen molar-refractivity contribution in [3.8, 4) is 0 Å². The van der Waals surface area contributed by atoms with Crippen molar-refractivity contribution in [2.24, 2.45) is 5.92 Å². The Morgan fingerprint density at radius 2 is 1.79 bits per heavy atom. The second-order valence-electron chi connectivity index (χ2n) is 8.69. The van der Waals surface area contributed by atoms with Gasteiger partial charge in [0.05, 0.1) is 18.3 Å². The van der Waals surface area contributed by atoms with Crippen LogP contribution in [-0.2, 0) is 11.3 Å². The Bertz CT molecular complexity index is 1130. The van der Waals surface area contributed by atoms with Crippen LogP contribution in [0.1, 0.15) is 47.0 Å². The Morgan fingerprint density at radius 1 is 1.12 bits per heavy atom.